The first kappa shape index (κ1) is 19.7. The van der Waals surface area contributed by atoms with Crippen molar-refractivity contribution in [3.8, 4) is 5.75 Å². The number of rotatable bonds is 5. The molecule has 0 aliphatic carbocycles. The Balaban J connectivity index is 1.63. The summed E-state index contributed by atoms with van der Waals surface area (Å²) >= 11 is 3.76. The van der Waals surface area contributed by atoms with Crippen molar-refractivity contribution >= 4 is 26.5 Å². The molecule has 2 unspecified atom stereocenters. The van der Waals surface area contributed by atoms with Crippen molar-refractivity contribution in [1.29, 1.82) is 0 Å². The molecule has 2 fully saturated rings. The lowest BCUT2D eigenvalue weighted by atomic mass is 9.98. The summed E-state index contributed by atoms with van der Waals surface area (Å²) < 4.78 is 19.0. The van der Waals surface area contributed by atoms with Gasteiger partial charge in [-0.15, -0.1) is 0 Å². The Bertz CT molecular complexity index is 791. The van der Waals surface area contributed by atoms with E-state index < -0.39 is 0 Å². The van der Waals surface area contributed by atoms with Crippen LogP contribution in [0.25, 0.3) is 10.6 Å². The van der Waals surface area contributed by atoms with Gasteiger partial charge in [-0.3, -0.25) is 0 Å². The van der Waals surface area contributed by atoms with Gasteiger partial charge in [0, 0.05) is 17.5 Å². The Morgan fingerprint density at radius 3 is 2.64 bits per heavy atom. The molecule has 0 saturated carbocycles. The van der Waals surface area contributed by atoms with Crippen LogP contribution in [0.5, 0.6) is 5.75 Å². The minimum absolute atomic E-state index is 0.133. The van der Waals surface area contributed by atoms with E-state index in [0.717, 1.165) is 66.7 Å². The molecular weight excluding hydrogens is 416 g/mol. The predicted octanol–water partition coefficient (Wildman–Crippen LogP) is 6.53. The number of halogens is 1. The molecule has 2 aromatic rings. The predicted molar refractivity (Wildman–Crippen MR) is 115 cm³/mol. The average Bonchev–Trinajstić information content (AvgIpc) is 2.75. The van der Waals surface area contributed by atoms with Crippen molar-refractivity contribution in [3.05, 3.63) is 65.2 Å². The minimum atomic E-state index is -0.157. The molecule has 0 N–H and O–H groups in total. The summed E-state index contributed by atoms with van der Waals surface area (Å²) in [5, 5.41) is 0. The summed E-state index contributed by atoms with van der Waals surface area (Å²) in [6, 6.07) is 17.5. The van der Waals surface area contributed by atoms with E-state index in [2.05, 4.69) is 52.3 Å². The summed E-state index contributed by atoms with van der Waals surface area (Å²) in [5.74, 6) is 0.846. The van der Waals surface area contributed by atoms with E-state index >= 15 is 0 Å². The molecule has 2 heterocycles. The quantitative estimate of drug-likeness (QED) is 0.493. The standard InChI is InChI=1S/C24H26BrO3/c25-22(14-18-8-2-1-3-9-18)19-15-20(23-10-4-6-12-26-23)17-21(16-19)28-24-11-5-7-13-27-24/h1-2,8-9,14-17,23-24H,4-7,10-13H2. The summed E-state index contributed by atoms with van der Waals surface area (Å²) in [4.78, 5) is 0. The highest BCUT2D eigenvalue weighted by molar-refractivity contribution is 9.15. The highest BCUT2D eigenvalue weighted by Gasteiger charge is 2.20. The largest absolute Gasteiger partial charge is 0.465 e. The first-order chi connectivity index (χ1) is 13.8. The van der Waals surface area contributed by atoms with Crippen LogP contribution in [-0.4, -0.2) is 19.5 Å². The molecule has 3 nitrogen and oxygen atoms in total. The maximum Gasteiger partial charge on any atom is 0.199 e. The third-order valence-corrected chi connectivity index (χ3v) is 5.87. The van der Waals surface area contributed by atoms with Gasteiger partial charge >= 0.3 is 0 Å². The van der Waals surface area contributed by atoms with Gasteiger partial charge < -0.3 is 14.2 Å². The highest BCUT2D eigenvalue weighted by atomic mass is 79.9. The fraction of sp³-hybridized carbons (Fsp3) is 0.417. The molecule has 2 atom stereocenters. The molecule has 4 rings (SSSR count). The van der Waals surface area contributed by atoms with Crippen molar-refractivity contribution < 1.29 is 14.2 Å². The number of hydrogen-bond acceptors (Lipinski definition) is 3. The molecule has 1 radical (unpaired) electrons. The molecular formula is C24H26BrO3. The van der Waals surface area contributed by atoms with Gasteiger partial charge in [-0.1, -0.05) is 34.1 Å². The zero-order valence-electron chi connectivity index (χ0n) is 16.0. The Kier molecular flexibility index (Phi) is 6.84. The molecule has 147 valence electrons. The maximum atomic E-state index is 6.20. The lowest BCUT2D eigenvalue weighted by molar-refractivity contribution is -0.106. The van der Waals surface area contributed by atoms with E-state index in [0.29, 0.717) is 0 Å². The van der Waals surface area contributed by atoms with Crippen LogP contribution in [0.15, 0.2) is 42.5 Å². The van der Waals surface area contributed by atoms with Crippen LogP contribution in [0.4, 0.5) is 0 Å². The number of hydrogen-bond donors (Lipinski definition) is 0. The lowest BCUT2D eigenvalue weighted by Crippen LogP contribution is -2.25. The van der Waals surface area contributed by atoms with E-state index in [1.807, 2.05) is 18.2 Å². The Morgan fingerprint density at radius 2 is 1.93 bits per heavy atom. The molecule has 4 heteroatoms. The van der Waals surface area contributed by atoms with Crippen LogP contribution in [-0.2, 0) is 9.47 Å². The van der Waals surface area contributed by atoms with Crippen LogP contribution >= 0.6 is 15.9 Å². The summed E-state index contributed by atoms with van der Waals surface area (Å²) in [6.45, 7) is 1.60. The molecule has 2 aromatic carbocycles. The SMILES string of the molecule is BrC(=Cc1c[c]ccc1)c1cc(OC2CCCCO2)cc(C2CCCCO2)c1. The van der Waals surface area contributed by atoms with Gasteiger partial charge in [-0.2, -0.15) is 0 Å². The summed E-state index contributed by atoms with van der Waals surface area (Å²) in [7, 11) is 0. The number of ether oxygens (including phenoxy) is 3. The van der Waals surface area contributed by atoms with Gasteiger partial charge in [-0.05, 0) is 85.2 Å². The zero-order valence-corrected chi connectivity index (χ0v) is 17.6. The second-order valence-electron chi connectivity index (χ2n) is 7.39. The smallest absolute Gasteiger partial charge is 0.199 e. The van der Waals surface area contributed by atoms with E-state index in [-0.39, 0.29) is 12.4 Å². The van der Waals surface area contributed by atoms with Crippen LogP contribution in [0.1, 0.15) is 61.3 Å². The topological polar surface area (TPSA) is 27.7 Å². The van der Waals surface area contributed by atoms with Crippen molar-refractivity contribution in [2.75, 3.05) is 13.2 Å². The molecule has 0 aromatic heterocycles. The van der Waals surface area contributed by atoms with Crippen LogP contribution in [0.2, 0.25) is 0 Å². The van der Waals surface area contributed by atoms with Crippen molar-refractivity contribution in [2.45, 2.75) is 50.9 Å². The summed E-state index contributed by atoms with van der Waals surface area (Å²) in [5.41, 5.74) is 3.36. The van der Waals surface area contributed by atoms with Gasteiger partial charge in [0.1, 0.15) is 5.75 Å². The number of benzene rings is 2. The molecule has 2 aliphatic rings. The van der Waals surface area contributed by atoms with Gasteiger partial charge in [0.05, 0.1) is 12.7 Å². The first-order valence-corrected chi connectivity index (χ1v) is 11.0. The Morgan fingerprint density at radius 1 is 1.07 bits per heavy atom. The van der Waals surface area contributed by atoms with Crippen LogP contribution < -0.4 is 4.74 Å². The molecule has 2 saturated heterocycles. The summed E-state index contributed by atoms with van der Waals surface area (Å²) in [6.07, 6.45) is 8.69. The van der Waals surface area contributed by atoms with Crippen LogP contribution in [0, 0.1) is 6.07 Å². The fourth-order valence-electron chi connectivity index (χ4n) is 3.70. The molecule has 2 aliphatic heterocycles. The molecule has 0 amide bonds. The molecule has 0 spiro atoms. The normalized spacial score (nSPS) is 23.4. The highest BCUT2D eigenvalue weighted by Crippen LogP contribution is 2.35. The van der Waals surface area contributed by atoms with Gasteiger partial charge in [0.2, 0.25) is 0 Å². The van der Waals surface area contributed by atoms with Gasteiger partial charge in [-0.25, -0.2) is 0 Å². The van der Waals surface area contributed by atoms with Gasteiger partial charge in [0.15, 0.2) is 6.29 Å². The van der Waals surface area contributed by atoms with E-state index in [1.165, 1.54) is 12.0 Å². The monoisotopic (exact) mass is 441 g/mol. The second-order valence-corrected chi connectivity index (χ2v) is 8.24. The third kappa shape index (κ3) is 5.25. The van der Waals surface area contributed by atoms with Crippen molar-refractivity contribution in [2.24, 2.45) is 0 Å². The van der Waals surface area contributed by atoms with E-state index in [9.17, 15) is 0 Å². The van der Waals surface area contributed by atoms with Crippen molar-refractivity contribution in [1.82, 2.24) is 0 Å². The van der Waals surface area contributed by atoms with Gasteiger partial charge in [0.25, 0.3) is 0 Å². The average molecular weight is 442 g/mol. The van der Waals surface area contributed by atoms with E-state index in [1.54, 1.807) is 0 Å². The van der Waals surface area contributed by atoms with E-state index in [4.69, 9.17) is 14.2 Å². The van der Waals surface area contributed by atoms with Crippen molar-refractivity contribution in [3.63, 3.8) is 0 Å². The minimum Gasteiger partial charge on any atom is -0.465 e. The Labute approximate surface area is 175 Å². The first-order valence-electron chi connectivity index (χ1n) is 10.2. The second kappa shape index (κ2) is 9.73. The maximum absolute atomic E-state index is 6.20. The van der Waals surface area contributed by atoms with Crippen LogP contribution in [0.3, 0.4) is 0 Å². The molecule has 0 bridgehead atoms. The fourth-order valence-corrected chi connectivity index (χ4v) is 4.19. The Hall–Kier alpha value is -1.62. The lowest BCUT2D eigenvalue weighted by Gasteiger charge is -2.26. The zero-order chi connectivity index (χ0) is 19.2. The molecule has 28 heavy (non-hydrogen) atoms. The third-order valence-electron chi connectivity index (χ3n) is 5.19.